The summed E-state index contributed by atoms with van der Waals surface area (Å²) < 4.78 is 7.74. The lowest BCUT2D eigenvalue weighted by Crippen LogP contribution is -2.44. The van der Waals surface area contributed by atoms with Crippen LogP contribution < -0.4 is 0 Å². The fourth-order valence-electron chi connectivity index (χ4n) is 4.31. The van der Waals surface area contributed by atoms with Gasteiger partial charge in [0.2, 0.25) is 5.91 Å². The summed E-state index contributed by atoms with van der Waals surface area (Å²) in [6, 6.07) is 9.29. The van der Waals surface area contributed by atoms with E-state index in [1.165, 1.54) is 5.06 Å². The van der Waals surface area contributed by atoms with Crippen molar-refractivity contribution in [2.45, 2.75) is 38.8 Å². The number of rotatable bonds is 3. The average molecular weight is 408 g/mol. The van der Waals surface area contributed by atoms with Gasteiger partial charge in [0, 0.05) is 30.2 Å². The Morgan fingerprint density at radius 3 is 2.87 bits per heavy atom. The van der Waals surface area contributed by atoms with Crippen molar-refractivity contribution in [1.29, 1.82) is 0 Å². The maximum Gasteiger partial charge on any atom is 0.290 e. The second-order valence-electron chi connectivity index (χ2n) is 7.90. The smallest absolute Gasteiger partial charge is 0.290 e. The van der Waals surface area contributed by atoms with Crippen molar-refractivity contribution >= 4 is 22.8 Å². The number of carbonyl (C=O) groups is 2. The van der Waals surface area contributed by atoms with E-state index in [2.05, 4.69) is 5.10 Å². The molecule has 8 nitrogen and oxygen atoms in total. The third-order valence-electron chi connectivity index (χ3n) is 5.90. The van der Waals surface area contributed by atoms with Crippen LogP contribution in [0.15, 0.2) is 40.9 Å². The minimum atomic E-state index is -0.240. The van der Waals surface area contributed by atoms with E-state index in [9.17, 15) is 9.59 Å². The molecule has 1 saturated heterocycles. The SMILES string of the molecule is Cc1c(C(=O)N2Cc3ccnn3C(CC(=O)N3CCCCO3)C2)oc2ccccc12. The number of aromatic nitrogens is 2. The Morgan fingerprint density at radius 1 is 1.20 bits per heavy atom. The zero-order chi connectivity index (χ0) is 20.7. The van der Waals surface area contributed by atoms with Crippen LogP contribution in [0.5, 0.6) is 0 Å². The zero-order valence-electron chi connectivity index (χ0n) is 16.9. The molecule has 5 rings (SSSR count). The molecule has 0 N–H and O–H groups in total. The van der Waals surface area contributed by atoms with Crippen molar-refractivity contribution < 1.29 is 18.8 Å². The third kappa shape index (κ3) is 3.27. The van der Waals surface area contributed by atoms with Gasteiger partial charge in [-0.2, -0.15) is 5.10 Å². The molecule has 0 saturated carbocycles. The highest BCUT2D eigenvalue weighted by Gasteiger charge is 2.34. The van der Waals surface area contributed by atoms with Crippen LogP contribution in [-0.2, 0) is 16.2 Å². The molecular weight excluding hydrogens is 384 g/mol. The number of hydrogen-bond donors (Lipinski definition) is 0. The average Bonchev–Trinajstić information content (AvgIpc) is 3.39. The Bertz CT molecular complexity index is 1100. The van der Waals surface area contributed by atoms with E-state index in [-0.39, 0.29) is 24.3 Å². The zero-order valence-corrected chi connectivity index (χ0v) is 16.9. The van der Waals surface area contributed by atoms with Crippen molar-refractivity contribution in [3.63, 3.8) is 0 Å². The molecule has 0 aliphatic carbocycles. The Hall–Kier alpha value is -3.13. The normalized spacial score (nSPS) is 19.2. The van der Waals surface area contributed by atoms with E-state index in [0.717, 1.165) is 29.5 Å². The molecule has 2 aliphatic heterocycles. The van der Waals surface area contributed by atoms with E-state index in [1.54, 1.807) is 11.1 Å². The molecule has 30 heavy (non-hydrogen) atoms. The molecule has 0 radical (unpaired) electrons. The predicted molar refractivity (Wildman–Crippen MR) is 108 cm³/mol. The van der Waals surface area contributed by atoms with E-state index >= 15 is 0 Å². The number of fused-ring (bicyclic) bond motifs is 2. The summed E-state index contributed by atoms with van der Waals surface area (Å²) in [7, 11) is 0. The maximum absolute atomic E-state index is 13.3. The van der Waals surface area contributed by atoms with Crippen LogP contribution in [0.3, 0.4) is 0 Å². The molecule has 156 valence electrons. The second-order valence-corrected chi connectivity index (χ2v) is 7.90. The number of amides is 2. The molecule has 4 heterocycles. The molecule has 2 amide bonds. The summed E-state index contributed by atoms with van der Waals surface area (Å²) in [5.74, 6) is 0.117. The summed E-state index contributed by atoms with van der Waals surface area (Å²) in [5, 5.41) is 6.80. The van der Waals surface area contributed by atoms with Crippen LogP contribution in [0, 0.1) is 6.92 Å². The Morgan fingerprint density at radius 2 is 2.07 bits per heavy atom. The first-order valence-corrected chi connectivity index (χ1v) is 10.3. The summed E-state index contributed by atoms with van der Waals surface area (Å²) in [5.41, 5.74) is 2.44. The number of furan rings is 1. The molecule has 1 aromatic carbocycles. The summed E-state index contributed by atoms with van der Waals surface area (Å²) >= 11 is 0. The van der Waals surface area contributed by atoms with Gasteiger partial charge in [-0.25, -0.2) is 5.06 Å². The Labute approximate surface area is 173 Å². The van der Waals surface area contributed by atoms with E-state index in [4.69, 9.17) is 9.25 Å². The lowest BCUT2D eigenvalue weighted by molar-refractivity contribution is -0.198. The third-order valence-corrected chi connectivity index (χ3v) is 5.90. The highest BCUT2D eigenvalue weighted by Crippen LogP contribution is 2.29. The summed E-state index contributed by atoms with van der Waals surface area (Å²) in [4.78, 5) is 33.3. The highest BCUT2D eigenvalue weighted by molar-refractivity contribution is 5.99. The van der Waals surface area contributed by atoms with Crippen molar-refractivity contribution in [1.82, 2.24) is 19.7 Å². The van der Waals surface area contributed by atoms with Crippen LogP contribution in [0.25, 0.3) is 11.0 Å². The van der Waals surface area contributed by atoms with E-state index < -0.39 is 0 Å². The monoisotopic (exact) mass is 408 g/mol. The van der Waals surface area contributed by atoms with Crippen molar-refractivity contribution in [3.8, 4) is 0 Å². The van der Waals surface area contributed by atoms with Gasteiger partial charge in [-0.05, 0) is 31.9 Å². The van der Waals surface area contributed by atoms with Gasteiger partial charge in [0.25, 0.3) is 5.91 Å². The van der Waals surface area contributed by atoms with Gasteiger partial charge >= 0.3 is 0 Å². The van der Waals surface area contributed by atoms with Gasteiger partial charge in [-0.3, -0.25) is 19.1 Å². The van der Waals surface area contributed by atoms with Crippen LogP contribution in [-0.4, -0.2) is 51.3 Å². The van der Waals surface area contributed by atoms with E-state index in [0.29, 0.717) is 37.6 Å². The molecule has 2 aromatic heterocycles. The van der Waals surface area contributed by atoms with Gasteiger partial charge in [0.1, 0.15) is 5.58 Å². The van der Waals surface area contributed by atoms with Gasteiger partial charge < -0.3 is 9.32 Å². The Balaban J connectivity index is 1.39. The molecule has 3 aromatic rings. The minimum absolute atomic E-state index is 0.0737. The standard InChI is InChI=1S/C22H24N4O4/c1-15-18-6-2-3-7-19(18)30-21(15)22(28)24-13-16-8-9-23-26(16)17(14-24)12-20(27)25-10-4-5-11-29-25/h2-3,6-9,17H,4-5,10-14H2,1H3. The van der Waals surface area contributed by atoms with Gasteiger partial charge in [0.15, 0.2) is 5.76 Å². The van der Waals surface area contributed by atoms with E-state index in [1.807, 2.05) is 41.9 Å². The van der Waals surface area contributed by atoms with Crippen LogP contribution in [0.4, 0.5) is 0 Å². The Kier molecular flexibility index (Phi) is 4.78. The van der Waals surface area contributed by atoms with Crippen LogP contribution in [0.1, 0.15) is 47.1 Å². The minimum Gasteiger partial charge on any atom is -0.451 e. The van der Waals surface area contributed by atoms with Crippen molar-refractivity contribution in [2.24, 2.45) is 0 Å². The first-order chi connectivity index (χ1) is 14.6. The maximum atomic E-state index is 13.3. The fraction of sp³-hybridized carbons (Fsp3) is 0.409. The highest BCUT2D eigenvalue weighted by atomic mass is 16.7. The molecule has 8 heteroatoms. The fourth-order valence-corrected chi connectivity index (χ4v) is 4.31. The number of para-hydroxylation sites is 1. The molecule has 1 atom stereocenters. The molecule has 1 fully saturated rings. The van der Waals surface area contributed by atoms with Crippen molar-refractivity contribution in [3.05, 3.63) is 53.5 Å². The van der Waals surface area contributed by atoms with Gasteiger partial charge in [-0.1, -0.05) is 18.2 Å². The summed E-state index contributed by atoms with van der Waals surface area (Å²) in [6.45, 7) is 3.91. The molecule has 2 aliphatic rings. The lowest BCUT2D eigenvalue weighted by Gasteiger charge is -2.34. The van der Waals surface area contributed by atoms with Crippen LogP contribution in [0.2, 0.25) is 0 Å². The van der Waals surface area contributed by atoms with Crippen LogP contribution >= 0.6 is 0 Å². The molecule has 0 spiro atoms. The molecule has 0 bridgehead atoms. The van der Waals surface area contributed by atoms with Crippen molar-refractivity contribution in [2.75, 3.05) is 19.7 Å². The molecular formula is C22H24N4O4. The number of hydroxylamine groups is 2. The number of aryl methyl sites for hydroxylation is 1. The first-order valence-electron chi connectivity index (χ1n) is 10.3. The largest absolute Gasteiger partial charge is 0.451 e. The number of benzene rings is 1. The number of hydrogen-bond acceptors (Lipinski definition) is 5. The first kappa shape index (κ1) is 18.9. The second kappa shape index (κ2) is 7.60. The predicted octanol–water partition coefficient (Wildman–Crippen LogP) is 3.08. The van der Waals surface area contributed by atoms with Gasteiger partial charge in [0.05, 0.1) is 31.3 Å². The lowest BCUT2D eigenvalue weighted by atomic mass is 10.1. The quantitative estimate of drug-likeness (QED) is 0.665. The number of carbonyl (C=O) groups excluding carboxylic acids is 2. The topological polar surface area (TPSA) is 80.8 Å². The van der Waals surface area contributed by atoms with Gasteiger partial charge in [-0.15, -0.1) is 0 Å². The number of nitrogens with zero attached hydrogens (tertiary/aromatic N) is 4. The summed E-state index contributed by atoms with van der Waals surface area (Å²) in [6.07, 6.45) is 3.86. The molecule has 1 unspecified atom stereocenters.